The van der Waals surface area contributed by atoms with Gasteiger partial charge in [0.25, 0.3) is 0 Å². The molecule has 1 aliphatic rings. The maximum Gasteiger partial charge on any atom is 0.0958 e. The van der Waals surface area contributed by atoms with Gasteiger partial charge in [0.15, 0.2) is 0 Å². The molecule has 86 valence electrons. The number of nitrogens with one attached hydrogen (secondary N) is 1. The Morgan fingerprint density at radius 3 is 2.47 bits per heavy atom. The van der Waals surface area contributed by atoms with Crippen LogP contribution in [0.1, 0.15) is 32.1 Å². The van der Waals surface area contributed by atoms with Crippen molar-refractivity contribution in [1.29, 1.82) is 0 Å². The highest BCUT2D eigenvalue weighted by molar-refractivity contribution is 8.03. The monoisotopic (exact) mass is 227 g/mol. The molecule has 1 fully saturated rings. The smallest absolute Gasteiger partial charge is 0.0958 e. The number of allylic oxidation sites excluding steroid dienone is 2. The van der Waals surface area contributed by atoms with E-state index in [-0.39, 0.29) is 0 Å². The Bertz CT molecular complexity index is 242. The molecule has 1 saturated carbocycles. The SMILES string of the molecule is CN/C(N)=C/C=C(\N)SC1CCCCC1. The highest BCUT2D eigenvalue weighted by Crippen LogP contribution is 2.30. The van der Waals surface area contributed by atoms with Gasteiger partial charge in [-0.3, -0.25) is 0 Å². The first-order valence-electron chi connectivity index (χ1n) is 5.49. The molecule has 0 aromatic rings. The summed E-state index contributed by atoms with van der Waals surface area (Å²) in [4.78, 5) is 0. The average Bonchev–Trinajstić information content (AvgIpc) is 2.27. The lowest BCUT2D eigenvalue weighted by molar-refractivity contribution is 0.516. The molecule has 0 aromatic carbocycles. The molecular weight excluding hydrogens is 206 g/mol. The van der Waals surface area contributed by atoms with Crippen molar-refractivity contribution in [1.82, 2.24) is 5.32 Å². The summed E-state index contributed by atoms with van der Waals surface area (Å²) in [6, 6.07) is 0. The van der Waals surface area contributed by atoms with Crippen LogP contribution in [0.5, 0.6) is 0 Å². The van der Waals surface area contributed by atoms with Gasteiger partial charge < -0.3 is 16.8 Å². The average molecular weight is 227 g/mol. The standard InChI is InChI=1S/C11H21N3S/c1-14-10(12)7-8-11(13)15-9-5-3-2-4-6-9/h7-9,14H,2-6,12-13H2,1H3/b10-7+,11-8+. The van der Waals surface area contributed by atoms with Crippen LogP contribution >= 0.6 is 11.8 Å². The summed E-state index contributed by atoms with van der Waals surface area (Å²) in [5, 5.41) is 4.42. The minimum absolute atomic E-state index is 0.641. The van der Waals surface area contributed by atoms with Crippen LogP contribution in [0.25, 0.3) is 0 Å². The third-order valence-electron chi connectivity index (χ3n) is 2.57. The topological polar surface area (TPSA) is 64.1 Å². The Morgan fingerprint density at radius 1 is 1.20 bits per heavy atom. The summed E-state index contributed by atoms with van der Waals surface area (Å²) in [6.45, 7) is 0. The Balaban J connectivity index is 2.36. The molecule has 3 nitrogen and oxygen atoms in total. The molecule has 0 aromatic heterocycles. The van der Waals surface area contributed by atoms with Crippen molar-refractivity contribution in [2.45, 2.75) is 37.4 Å². The summed E-state index contributed by atoms with van der Waals surface area (Å²) in [6.07, 6.45) is 10.4. The first-order valence-corrected chi connectivity index (χ1v) is 6.37. The van der Waals surface area contributed by atoms with Crippen molar-refractivity contribution in [3.8, 4) is 0 Å². The van der Waals surface area contributed by atoms with Gasteiger partial charge >= 0.3 is 0 Å². The van der Waals surface area contributed by atoms with Crippen LogP contribution in [-0.4, -0.2) is 12.3 Å². The van der Waals surface area contributed by atoms with Crippen LogP contribution in [0, 0.1) is 0 Å². The van der Waals surface area contributed by atoms with E-state index in [9.17, 15) is 0 Å². The summed E-state index contributed by atoms with van der Waals surface area (Å²) in [5.41, 5.74) is 11.5. The fourth-order valence-corrected chi connectivity index (χ4v) is 2.77. The van der Waals surface area contributed by atoms with E-state index in [1.54, 1.807) is 18.8 Å². The molecule has 0 amide bonds. The predicted octanol–water partition coefficient (Wildman–Crippen LogP) is 1.87. The maximum atomic E-state index is 5.90. The van der Waals surface area contributed by atoms with Gasteiger partial charge in [0, 0.05) is 12.3 Å². The van der Waals surface area contributed by atoms with Crippen molar-refractivity contribution in [2.24, 2.45) is 11.5 Å². The Morgan fingerprint density at radius 2 is 1.87 bits per heavy atom. The van der Waals surface area contributed by atoms with Crippen molar-refractivity contribution in [2.75, 3.05) is 7.05 Å². The Hall–Kier alpha value is -0.770. The van der Waals surface area contributed by atoms with Crippen LogP contribution in [0.4, 0.5) is 0 Å². The zero-order valence-corrected chi connectivity index (χ0v) is 10.1. The minimum Gasteiger partial charge on any atom is -0.394 e. The van der Waals surface area contributed by atoms with E-state index >= 15 is 0 Å². The van der Waals surface area contributed by atoms with E-state index in [0.29, 0.717) is 11.1 Å². The molecule has 0 aliphatic heterocycles. The number of nitrogens with two attached hydrogens (primary N) is 2. The molecule has 0 radical (unpaired) electrons. The van der Waals surface area contributed by atoms with Crippen molar-refractivity contribution in [3.05, 3.63) is 23.0 Å². The van der Waals surface area contributed by atoms with E-state index < -0.39 is 0 Å². The highest BCUT2D eigenvalue weighted by atomic mass is 32.2. The molecule has 0 saturated heterocycles. The molecule has 1 rings (SSSR count). The summed E-state index contributed by atoms with van der Waals surface area (Å²) in [7, 11) is 1.80. The molecule has 5 N–H and O–H groups in total. The third-order valence-corrected chi connectivity index (χ3v) is 3.78. The van der Waals surface area contributed by atoms with E-state index in [0.717, 1.165) is 5.03 Å². The van der Waals surface area contributed by atoms with Gasteiger partial charge in [0.1, 0.15) is 0 Å². The number of thioether (sulfide) groups is 1. The van der Waals surface area contributed by atoms with Gasteiger partial charge in [0.2, 0.25) is 0 Å². The van der Waals surface area contributed by atoms with Gasteiger partial charge in [-0.25, -0.2) is 0 Å². The fourth-order valence-electron chi connectivity index (χ4n) is 1.67. The van der Waals surface area contributed by atoms with Crippen molar-refractivity contribution in [3.63, 3.8) is 0 Å². The lowest BCUT2D eigenvalue weighted by Crippen LogP contribution is -2.14. The van der Waals surface area contributed by atoms with Gasteiger partial charge in [-0.1, -0.05) is 19.3 Å². The molecule has 0 heterocycles. The van der Waals surface area contributed by atoms with Crippen molar-refractivity contribution >= 4 is 11.8 Å². The highest BCUT2D eigenvalue weighted by Gasteiger charge is 2.14. The lowest BCUT2D eigenvalue weighted by Gasteiger charge is -2.20. The van der Waals surface area contributed by atoms with Crippen LogP contribution < -0.4 is 16.8 Å². The van der Waals surface area contributed by atoms with E-state index in [4.69, 9.17) is 11.5 Å². The first-order chi connectivity index (χ1) is 7.22. The second-order valence-corrected chi connectivity index (χ2v) is 5.19. The van der Waals surface area contributed by atoms with Gasteiger partial charge in [-0.2, -0.15) is 0 Å². The second kappa shape index (κ2) is 6.67. The normalized spacial score (nSPS) is 20.3. The fraction of sp³-hybridized carbons (Fsp3) is 0.636. The second-order valence-electron chi connectivity index (χ2n) is 3.82. The minimum atomic E-state index is 0.641. The largest absolute Gasteiger partial charge is 0.394 e. The molecule has 0 bridgehead atoms. The van der Waals surface area contributed by atoms with Gasteiger partial charge in [-0.05, 0) is 25.0 Å². The van der Waals surface area contributed by atoms with Crippen LogP contribution in [0.3, 0.4) is 0 Å². The molecular formula is C11H21N3S. The predicted molar refractivity (Wildman–Crippen MR) is 68.1 cm³/mol. The quantitative estimate of drug-likeness (QED) is 0.642. The number of hydrogen-bond donors (Lipinski definition) is 3. The third kappa shape index (κ3) is 5.02. The summed E-state index contributed by atoms with van der Waals surface area (Å²) in [5.74, 6) is 0.641. The zero-order valence-electron chi connectivity index (χ0n) is 9.33. The van der Waals surface area contributed by atoms with Crippen LogP contribution in [0.15, 0.2) is 23.0 Å². The lowest BCUT2D eigenvalue weighted by atomic mass is 10.0. The van der Waals surface area contributed by atoms with Gasteiger partial charge in [0.05, 0.1) is 10.9 Å². The molecule has 1 aliphatic carbocycles. The Labute approximate surface area is 96.4 Å². The number of rotatable bonds is 4. The van der Waals surface area contributed by atoms with Gasteiger partial charge in [-0.15, -0.1) is 11.8 Å². The van der Waals surface area contributed by atoms with E-state index in [1.807, 2.05) is 12.2 Å². The van der Waals surface area contributed by atoms with Crippen LogP contribution in [0.2, 0.25) is 0 Å². The molecule has 0 atom stereocenters. The van der Waals surface area contributed by atoms with Crippen molar-refractivity contribution < 1.29 is 0 Å². The molecule has 4 heteroatoms. The van der Waals surface area contributed by atoms with Crippen LogP contribution in [-0.2, 0) is 0 Å². The first kappa shape index (κ1) is 12.3. The van der Waals surface area contributed by atoms with E-state index in [1.165, 1.54) is 32.1 Å². The summed E-state index contributed by atoms with van der Waals surface area (Å²) >= 11 is 1.78. The molecule has 15 heavy (non-hydrogen) atoms. The Kier molecular flexibility index (Phi) is 5.47. The molecule has 0 spiro atoms. The van der Waals surface area contributed by atoms with E-state index in [2.05, 4.69) is 5.32 Å². The summed E-state index contributed by atoms with van der Waals surface area (Å²) < 4.78 is 0. The molecule has 0 unspecified atom stereocenters. The zero-order chi connectivity index (χ0) is 11.1. The number of hydrogen-bond acceptors (Lipinski definition) is 4. The maximum absolute atomic E-state index is 5.90.